The van der Waals surface area contributed by atoms with Crippen molar-refractivity contribution in [1.29, 1.82) is 5.26 Å². The highest BCUT2D eigenvalue weighted by Gasteiger charge is 2.13. The molecule has 0 fully saturated rings. The van der Waals surface area contributed by atoms with Crippen LogP contribution in [-0.4, -0.2) is 19.0 Å². The van der Waals surface area contributed by atoms with Crippen molar-refractivity contribution < 1.29 is 19.1 Å². The monoisotopic (exact) mass is 413 g/mol. The highest BCUT2D eigenvalue weighted by Crippen LogP contribution is 2.23. The van der Waals surface area contributed by atoms with E-state index in [-0.39, 0.29) is 11.1 Å². The zero-order valence-corrected chi connectivity index (χ0v) is 16.7. The summed E-state index contributed by atoms with van der Waals surface area (Å²) >= 11 is 0. The summed E-state index contributed by atoms with van der Waals surface area (Å²) < 4.78 is 10.4. The molecule has 0 unspecified atom stereocenters. The second kappa shape index (κ2) is 10.3. The molecular formula is C24H19N3O4. The molecule has 2 N–H and O–H groups in total. The molecule has 0 heterocycles. The van der Waals surface area contributed by atoms with Gasteiger partial charge in [0.05, 0.1) is 18.4 Å². The summed E-state index contributed by atoms with van der Waals surface area (Å²) in [5.74, 6) is 0.188. The molecule has 0 spiro atoms. The largest absolute Gasteiger partial charge is 0.465 e. The maximum atomic E-state index is 12.5. The summed E-state index contributed by atoms with van der Waals surface area (Å²) in [6, 6.07) is 24.5. The van der Waals surface area contributed by atoms with Gasteiger partial charge in [0.25, 0.3) is 5.91 Å². The molecule has 31 heavy (non-hydrogen) atoms. The van der Waals surface area contributed by atoms with Gasteiger partial charge in [-0.05, 0) is 48.5 Å². The van der Waals surface area contributed by atoms with Gasteiger partial charge in [0.1, 0.15) is 23.1 Å². The number of carbonyl (C=O) groups is 2. The van der Waals surface area contributed by atoms with Crippen LogP contribution < -0.4 is 15.4 Å². The number of esters is 1. The second-order valence-corrected chi connectivity index (χ2v) is 6.24. The van der Waals surface area contributed by atoms with Crippen molar-refractivity contribution in [2.24, 2.45) is 0 Å². The second-order valence-electron chi connectivity index (χ2n) is 6.24. The van der Waals surface area contributed by atoms with Crippen LogP contribution in [0.3, 0.4) is 0 Å². The van der Waals surface area contributed by atoms with Gasteiger partial charge in [-0.3, -0.25) is 4.79 Å². The summed E-state index contributed by atoms with van der Waals surface area (Å²) in [4.78, 5) is 24.3. The van der Waals surface area contributed by atoms with Crippen LogP contribution in [-0.2, 0) is 9.53 Å². The van der Waals surface area contributed by atoms with Gasteiger partial charge >= 0.3 is 5.97 Å². The first-order chi connectivity index (χ1) is 15.1. The van der Waals surface area contributed by atoms with E-state index < -0.39 is 11.9 Å². The molecule has 0 aliphatic heterocycles. The summed E-state index contributed by atoms with van der Waals surface area (Å²) in [6.07, 6.45) is 1.24. The SMILES string of the molecule is COC(=O)c1ccccc1N/C=C(/C#N)C(=O)Nc1ccc(Oc2ccccc2)cc1. The zero-order valence-electron chi connectivity index (χ0n) is 16.7. The molecule has 0 aliphatic rings. The lowest BCUT2D eigenvalue weighted by atomic mass is 10.2. The number of rotatable bonds is 7. The van der Waals surface area contributed by atoms with E-state index in [9.17, 15) is 14.9 Å². The van der Waals surface area contributed by atoms with E-state index >= 15 is 0 Å². The number of anilines is 2. The van der Waals surface area contributed by atoms with E-state index in [1.54, 1.807) is 48.5 Å². The first-order valence-corrected chi connectivity index (χ1v) is 9.29. The number of hydrogen-bond acceptors (Lipinski definition) is 6. The van der Waals surface area contributed by atoms with Crippen molar-refractivity contribution in [3.8, 4) is 17.6 Å². The van der Waals surface area contributed by atoms with Crippen molar-refractivity contribution in [3.63, 3.8) is 0 Å². The summed E-state index contributed by atoms with van der Waals surface area (Å²) in [5.41, 5.74) is 1.04. The maximum absolute atomic E-state index is 12.5. The number of amides is 1. The number of ether oxygens (including phenoxy) is 2. The van der Waals surface area contributed by atoms with Crippen LogP contribution in [0.25, 0.3) is 0 Å². The Balaban J connectivity index is 1.66. The van der Waals surface area contributed by atoms with Crippen molar-refractivity contribution in [3.05, 3.63) is 96.2 Å². The molecule has 7 heteroatoms. The van der Waals surface area contributed by atoms with Gasteiger partial charge in [0, 0.05) is 11.9 Å². The molecule has 7 nitrogen and oxygen atoms in total. The average Bonchev–Trinajstić information content (AvgIpc) is 2.81. The number of benzene rings is 3. The molecule has 3 aromatic carbocycles. The molecule has 1 amide bonds. The van der Waals surface area contributed by atoms with Gasteiger partial charge in [-0.25, -0.2) is 4.79 Å². The number of methoxy groups -OCH3 is 1. The number of nitrogens with one attached hydrogen (secondary N) is 2. The lowest BCUT2D eigenvalue weighted by Crippen LogP contribution is -2.15. The minimum atomic E-state index is -0.595. The van der Waals surface area contributed by atoms with E-state index in [0.29, 0.717) is 22.9 Å². The van der Waals surface area contributed by atoms with Crippen molar-refractivity contribution >= 4 is 23.3 Å². The van der Waals surface area contributed by atoms with E-state index in [1.165, 1.54) is 13.3 Å². The highest BCUT2D eigenvalue weighted by atomic mass is 16.5. The third kappa shape index (κ3) is 5.71. The Labute approximate surface area is 179 Å². The Hall–Kier alpha value is -4.57. The Morgan fingerprint density at radius 1 is 0.903 bits per heavy atom. The van der Waals surface area contributed by atoms with E-state index in [0.717, 1.165) is 0 Å². The Bertz CT molecular complexity index is 1130. The Morgan fingerprint density at radius 2 is 1.55 bits per heavy atom. The molecule has 3 rings (SSSR count). The minimum Gasteiger partial charge on any atom is -0.465 e. The van der Waals surface area contributed by atoms with Crippen LogP contribution in [0.2, 0.25) is 0 Å². The maximum Gasteiger partial charge on any atom is 0.339 e. The molecule has 0 atom stereocenters. The molecule has 3 aromatic rings. The predicted octanol–water partition coefficient (Wildman–Crippen LogP) is 4.72. The van der Waals surface area contributed by atoms with Gasteiger partial charge in [0.2, 0.25) is 0 Å². The summed E-state index contributed by atoms with van der Waals surface area (Å²) in [6.45, 7) is 0. The third-order valence-electron chi connectivity index (χ3n) is 4.16. The van der Waals surface area contributed by atoms with Gasteiger partial charge < -0.3 is 20.1 Å². The number of hydrogen-bond donors (Lipinski definition) is 2. The van der Waals surface area contributed by atoms with Gasteiger partial charge in [-0.1, -0.05) is 30.3 Å². The molecule has 0 bridgehead atoms. The van der Waals surface area contributed by atoms with E-state index in [4.69, 9.17) is 9.47 Å². The van der Waals surface area contributed by atoms with Crippen LogP contribution in [0.4, 0.5) is 11.4 Å². The van der Waals surface area contributed by atoms with E-state index in [1.807, 2.05) is 36.4 Å². The first kappa shape index (κ1) is 21.1. The molecule has 154 valence electrons. The Kier molecular flexibility index (Phi) is 7.01. The standard InChI is InChI=1S/C24H19N3O4/c1-30-24(29)21-9-5-6-10-22(21)26-16-17(15-25)23(28)27-18-11-13-20(14-12-18)31-19-7-3-2-4-8-19/h2-14,16,26H,1H3,(H,27,28)/b17-16-. The molecule has 0 saturated carbocycles. The number of nitrogens with zero attached hydrogens (tertiary/aromatic N) is 1. The number of carbonyl (C=O) groups excluding carboxylic acids is 2. The van der Waals surface area contributed by atoms with Crippen LogP contribution in [0.5, 0.6) is 11.5 Å². The third-order valence-corrected chi connectivity index (χ3v) is 4.16. The molecule has 0 radical (unpaired) electrons. The molecule has 0 aliphatic carbocycles. The van der Waals surface area contributed by atoms with Crippen molar-refractivity contribution in [2.45, 2.75) is 0 Å². The van der Waals surface area contributed by atoms with Crippen molar-refractivity contribution in [2.75, 3.05) is 17.7 Å². The van der Waals surface area contributed by atoms with Crippen LogP contribution in [0.15, 0.2) is 90.6 Å². The average molecular weight is 413 g/mol. The highest BCUT2D eigenvalue weighted by molar-refractivity contribution is 6.07. The van der Waals surface area contributed by atoms with Crippen molar-refractivity contribution in [1.82, 2.24) is 0 Å². The summed E-state index contributed by atoms with van der Waals surface area (Å²) in [7, 11) is 1.28. The fourth-order valence-corrected chi connectivity index (χ4v) is 2.62. The van der Waals surface area contributed by atoms with Crippen LogP contribution in [0.1, 0.15) is 10.4 Å². The lowest BCUT2D eigenvalue weighted by Gasteiger charge is -2.09. The predicted molar refractivity (Wildman–Crippen MR) is 117 cm³/mol. The first-order valence-electron chi connectivity index (χ1n) is 9.29. The fourth-order valence-electron chi connectivity index (χ4n) is 2.62. The molecule has 0 saturated heterocycles. The molecule has 0 aromatic heterocycles. The normalized spacial score (nSPS) is 10.5. The summed E-state index contributed by atoms with van der Waals surface area (Å²) in [5, 5.41) is 14.8. The van der Waals surface area contributed by atoms with Crippen LogP contribution >= 0.6 is 0 Å². The zero-order chi connectivity index (χ0) is 22.1. The smallest absolute Gasteiger partial charge is 0.339 e. The molecular weight excluding hydrogens is 394 g/mol. The van der Waals surface area contributed by atoms with Crippen LogP contribution in [0, 0.1) is 11.3 Å². The number of nitriles is 1. The van der Waals surface area contributed by atoms with Gasteiger partial charge in [-0.15, -0.1) is 0 Å². The fraction of sp³-hybridized carbons (Fsp3) is 0.0417. The lowest BCUT2D eigenvalue weighted by molar-refractivity contribution is -0.112. The number of para-hydroxylation sites is 2. The van der Waals surface area contributed by atoms with E-state index in [2.05, 4.69) is 10.6 Å². The quantitative estimate of drug-likeness (QED) is 0.330. The minimum absolute atomic E-state index is 0.163. The topological polar surface area (TPSA) is 100 Å². The van der Waals surface area contributed by atoms with Gasteiger partial charge in [-0.2, -0.15) is 5.26 Å². The van der Waals surface area contributed by atoms with Gasteiger partial charge in [0.15, 0.2) is 0 Å². The Morgan fingerprint density at radius 3 is 2.23 bits per heavy atom.